The fourth-order valence-electron chi connectivity index (χ4n) is 3.50. The number of nitriles is 1. The van der Waals surface area contributed by atoms with E-state index in [0.717, 1.165) is 6.07 Å². The Hall–Kier alpha value is -3.87. The molecule has 0 bridgehead atoms. The molecule has 1 aromatic carbocycles. The maximum atomic E-state index is 13.9. The number of amidine groups is 1. The lowest BCUT2D eigenvalue weighted by molar-refractivity contribution is 0.367. The lowest BCUT2D eigenvalue weighted by Gasteiger charge is -2.31. The number of nitrogens with zero attached hydrogens (tertiary/aromatic N) is 6. The number of aliphatic imine (C=N–C) groups is 2. The quantitative estimate of drug-likeness (QED) is 0.823. The summed E-state index contributed by atoms with van der Waals surface area (Å²) in [4.78, 5) is 18.5. The number of benzene rings is 1. The van der Waals surface area contributed by atoms with E-state index in [1.54, 1.807) is 18.6 Å². The molecule has 0 spiro atoms. The van der Waals surface area contributed by atoms with Gasteiger partial charge in [0.25, 0.3) is 0 Å². The van der Waals surface area contributed by atoms with Crippen LogP contribution in [0.15, 0.2) is 46.9 Å². The second kappa shape index (κ2) is 7.27. The first kappa shape index (κ1) is 18.5. The van der Waals surface area contributed by atoms with Gasteiger partial charge in [-0.25, -0.2) is 18.7 Å². The van der Waals surface area contributed by atoms with Crippen LogP contribution in [0, 0.1) is 23.0 Å². The van der Waals surface area contributed by atoms with E-state index in [2.05, 4.69) is 25.3 Å². The number of aromatic nitrogens is 2. The van der Waals surface area contributed by atoms with Crippen molar-refractivity contribution in [2.75, 3.05) is 11.1 Å². The Morgan fingerprint density at radius 2 is 2.00 bits per heavy atom. The molecule has 3 heterocycles. The van der Waals surface area contributed by atoms with E-state index in [1.807, 2.05) is 17.9 Å². The Kier molecular flexibility index (Phi) is 4.64. The minimum absolute atomic E-state index is 0.0613. The van der Waals surface area contributed by atoms with Crippen LogP contribution in [-0.4, -0.2) is 39.0 Å². The van der Waals surface area contributed by atoms with Crippen molar-refractivity contribution in [2.24, 2.45) is 9.98 Å². The van der Waals surface area contributed by atoms with Crippen LogP contribution in [0.25, 0.3) is 0 Å². The van der Waals surface area contributed by atoms with E-state index in [4.69, 9.17) is 5.73 Å². The zero-order valence-corrected chi connectivity index (χ0v) is 15.3. The first-order valence-corrected chi connectivity index (χ1v) is 8.77. The fraction of sp³-hybridized carbons (Fsp3) is 0.211. The first-order valence-electron chi connectivity index (χ1n) is 8.77. The number of nitrogens with two attached hydrogens (primary N) is 1. The summed E-state index contributed by atoms with van der Waals surface area (Å²) in [6.45, 7) is 1.84. The van der Waals surface area contributed by atoms with Gasteiger partial charge in [0.15, 0.2) is 0 Å². The highest BCUT2D eigenvalue weighted by Gasteiger charge is 2.40. The second-order valence-corrected chi connectivity index (χ2v) is 6.64. The summed E-state index contributed by atoms with van der Waals surface area (Å²) in [6, 6.07) is 4.07. The van der Waals surface area contributed by atoms with Gasteiger partial charge in [0.1, 0.15) is 47.1 Å². The molecule has 3 N–H and O–H groups in total. The number of anilines is 2. The maximum absolute atomic E-state index is 13.9. The zero-order chi connectivity index (χ0) is 20.5. The van der Waals surface area contributed by atoms with Gasteiger partial charge in [-0.1, -0.05) is 0 Å². The van der Waals surface area contributed by atoms with Crippen molar-refractivity contribution in [3.05, 3.63) is 59.7 Å². The summed E-state index contributed by atoms with van der Waals surface area (Å²) in [5.74, 6) is -0.434. The molecule has 2 aromatic rings. The predicted octanol–water partition coefficient (Wildman–Crippen LogP) is 2.39. The average Bonchev–Trinajstić information content (AvgIpc) is 3.07. The molecular weight excluding hydrogens is 378 g/mol. The van der Waals surface area contributed by atoms with Crippen molar-refractivity contribution in [1.29, 1.82) is 5.26 Å². The lowest BCUT2D eigenvalue weighted by atomic mass is 9.94. The molecule has 8 nitrogen and oxygen atoms in total. The monoisotopic (exact) mass is 394 g/mol. The number of rotatable bonds is 4. The Morgan fingerprint density at radius 1 is 1.24 bits per heavy atom. The van der Waals surface area contributed by atoms with E-state index < -0.39 is 23.7 Å². The van der Waals surface area contributed by atoms with E-state index in [1.165, 1.54) is 18.5 Å². The lowest BCUT2D eigenvalue weighted by Crippen LogP contribution is -2.38. The first-order chi connectivity index (χ1) is 14.0. The van der Waals surface area contributed by atoms with Gasteiger partial charge in [-0.3, -0.25) is 9.98 Å². The molecular formula is C19H16F2N8. The molecule has 2 aliphatic rings. The van der Waals surface area contributed by atoms with Gasteiger partial charge in [0.05, 0.1) is 18.3 Å². The van der Waals surface area contributed by atoms with Crippen molar-refractivity contribution >= 4 is 23.7 Å². The molecule has 0 saturated heterocycles. The minimum Gasteiger partial charge on any atom is -0.382 e. The number of halogens is 2. The Morgan fingerprint density at radius 3 is 2.72 bits per heavy atom. The van der Waals surface area contributed by atoms with Crippen LogP contribution < -0.4 is 11.1 Å². The third-order valence-electron chi connectivity index (χ3n) is 4.76. The number of fused-ring (bicyclic) bond motifs is 1. The molecule has 10 heteroatoms. The molecule has 146 valence electrons. The van der Waals surface area contributed by atoms with Crippen molar-refractivity contribution in [2.45, 2.75) is 25.0 Å². The van der Waals surface area contributed by atoms with E-state index in [0.29, 0.717) is 11.4 Å². The molecule has 0 aliphatic carbocycles. The summed E-state index contributed by atoms with van der Waals surface area (Å²) in [5, 5.41) is 12.5. The van der Waals surface area contributed by atoms with Gasteiger partial charge in [0.2, 0.25) is 0 Å². The van der Waals surface area contributed by atoms with Crippen LogP contribution in [0.4, 0.5) is 20.4 Å². The number of nitrogen functional groups attached to an aromatic ring is 1. The minimum atomic E-state index is -0.669. The van der Waals surface area contributed by atoms with Crippen LogP contribution in [0.5, 0.6) is 0 Å². The molecule has 29 heavy (non-hydrogen) atoms. The highest BCUT2D eigenvalue weighted by molar-refractivity contribution is 6.31. The van der Waals surface area contributed by atoms with Gasteiger partial charge in [-0.05, 0) is 24.6 Å². The molecule has 4 rings (SSSR count). The summed E-state index contributed by atoms with van der Waals surface area (Å²) in [7, 11) is 0. The molecule has 0 saturated carbocycles. The van der Waals surface area contributed by atoms with E-state index >= 15 is 0 Å². The Labute approximate surface area is 165 Å². The average molecular weight is 394 g/mol. The number of hydrogen-bond acceptors (Lipinski definition) is 8. The number of hydrogen-bond donors (Lipinski definition) is 2. The van der Waals surface area contributed by atoms with Gasteiger partial charge in [-0.15, -0.1) is 0 Å². The predicted molar refractivity (Wildman–Crippen MR) is 104 cm³/mol. The summed E-state index contributed by atoms with van der Waals surface area (Å²) >= 11 is 0. The summed E-state index contributed by atoms with van der Waals surface area (Å²) < 4.78 is 27.8. The zero-order valence-electron chi connectivity index (χ0n) is 15.3. The van der Waals surface area contributed by atoms with Gasteiger partial charge < -0.3 is 16.0 Å². The molecule has 0 amide bonds. The second-order valence-electron chi connectivity index (χ2n) is 6.64. The Bertz CT molecular complexity index is 1070. The molecule has 0 fully saturated rings. The third kappa shape index (κ3) is 3.38. The highest BCUT2D eigenvalue weighted by Crippen LogP contribution is 2.36. The van der Waals surface area contributed by atoms with Crippen molar-refractivity contribution in [1.82, 2.24) is 14.9 Å². The van der Waals surface area contributed by atoms with Gasteiger partial charge in [0, 0.05) is 24.5 Å². The maximum Gasteiger partial charge on any atom is 0.149 e. The number of nitrogens with one attached hydrogen (secondary N) is 1. The van der Waals surface area contributed by atoms with Crippen LogP contribution in [-0.2, 0) is 0 Å². The van der Waals surface area contributed by atoms with Gasteiger partial charge >= 0.3 is 0 Å². The molecule has 3 atom stereocenters. The molecule has 2 unspecified atom stereocenters. The van der Waals surface area contributed by atoms with Crippen molar-refractivity contribution in [3.63, 3.8) is 0 Å². The molecule has 2 aliphatic heterocycles. The summed E-state index contributed by atoms with van der Waals surface area (Å²) in [6.07, 6.45) is 6.13. The topological polar surface area (TPSA) is 116 Å². The van der Waals surface area contributed by atoms with Crippen molar-refractivity contribution < 1.29 is 8.78 Å². The largest absolute Gasteiger partial charge is 0.382 e. The van der Waals surface area contributed by atoms with Crippen LogP contribution >= 0.6 is 0 Å². The van der Waals surface area contributed by atoms with E-state index in [9.17, 15) is 14.0 Å². The normalized spacial score (nSPS) is 20.8. The van der Waals surface area contributed by atoms with E-state index in [-0.39, 0.29) is 23.2 Å². The SMILES string of the molecule is C[C@H](Nc1ncnc(N)c1C#N)C1N=C2C=NC=CN2C1c1cc(F)cc(F)c1. The highest BCUT2D eigenvalue weighted by atomic mass is 19.1. The van der Waals surface area contributed by atoms with Crippen molar-refractivity contribution in [3.8, 4) is 6.07 Å². The Balaban J connectivity index is 1.71. The molecule has 1 aromatic heterocycles. The standard InChI is InChI=1S/C19H16F2N8/c1-10(27-19-14(7-22)18(23)25-9-26-19)16-17(11-4-12(20)6-13(21)5-11)29-3-2-24-8-15(29)28-16/h2-6,8-10,16-17H,1H3,(H3,23,25,26,27)/t10-,16?,17?/m0/s1. The van der Waals surface area contributed by atoms with Crippen LogP contribution in [0.1, 0.15) is 24.1 Å². The smallest absolute Gasteiger partial charge is 0.149 e. The fourth-order valence-corrected chi connectivity index (χ4v) is 3.50. The summed E-state index contributed by atoms with van der Waals surface area (Å²) in [5.41, 5.74) is 6.30. The third-order valence-corrected chi connectivity index (χ3v) is 4.76. The van der Waals surface area contributed by atoms with Gasteiger partial charge in [-0.2, -0.15) is 5.26 Å². The van der Waals surface area contributed by atoms with Crippen LogP contribution in [0.3, 0.4) is 0 Å². The van der Waals surface area contributed by atoms with Crippen LogP contribution in [0.2, 0.25) is 0 Å². The molecule has 0 radical (unpaired) electrons.